The van der Waals surface area contributed by atoms with E-state index in [2.05, 4.69) is 9.71 Å². The highest BCUT2D eigenvalue weighted by molar-refractivity contribution is 7.89. The van der Waals surface area contributed by atoms with Crippen LogP contribution in [-0.2, 0) is 19.6 Å². The Labute approximate surface area is 146 Å². The molecule has 25 heavy (non-hydrogen) atoms. The number of hydrogen-bond acceptors (Lipinski definition) is 6. The summed E-state index contributed by atoms with van der Waals surface area (Å²) in [5.41, 5.74) is 0.711. The summed E-state index contributed by atoms with van der Waals surface area (Å²) in [6.07, 6.45) is 5.49. The molecular formula is C17H20N2O5S. The topological polar surface area (TPSA) is 98.5 Å². The van der Waals surface area contributed by atoms with Crippen molar-refractivity contribution in [2.24, 2.45) is 5.92 Å². The molecule has 0 spiro atoms. The third kappa shape index (κ3) is 4.08. The molecule has 1 aliphatic rings. The highest BCUT2D eigenvalue weighted by Crippen LogP contribution is 2.27. The lowest BCUT2D eigenvalue weighted by Crippen LogP contribution is -2.38. The van der Waals surface area contributed by atoms with E-state index in [0.717, 1.165) is 0 Å². The lowest BCUT2D eigenvalue weighted by Gasteiger charge is -2.27. The van der Waals surface area contributed by atoms with Crippen LogP contribution in [-0.4, -0.2) is 32.5 Å². The molecule has 134 valence electrons. The van der Waals surface area contributed by atoms with E-state index in [9.17, 15) is 13.2 Å². The first-order chi connectivity index (χ1) is 12.0. The van der Waals surface area contributed by atoms with Gasteiger partial charge in [-0.3, -0.25) is 4.79 Å². The molecule has 0 atom stereocenters. The number of sulfonamides is 1. The molecule has 8 heteroatoms. The van der Waals surface area contributed by atoms with Gasteiger partial charge < -0.3 is 9.15 Å². The minimum atomic E-state index is -3.61. The van der Waals surface area contributed by atoms with Gasteiger partial charge in [0.25, 0.3) is 0 Å². The third-order valence-corrected chi connectivity index (χ3v) is 5.96. The first-order valence-corrected chi connectivity index (χ1v) is 9.58. The molecule has 1 aromatic carbocycles. The van der Waals surface area contributed by atoms with Gasteiger partial charge in [-0.05, 0) is 49.9 Å². The molecule has 0 aliphatic heterocycles. The Morgan fingerprint density at radius 3 is 2.44 bits per heavy atom. The maximum absolute atomic E-state index is 12.5. The van der Waals surface area contributed by atoms with Gasteiger partial charge in [0.1, 0.15) is 6.26 Å². The van der Waals surface area contributed by atoms with Gasteiger partial charge in [-0.15, -0.1) is 0 Å². The molecule has 1 saturated carbocycles. The summed E-state index contributed by atoms with van der Waals surface area (Å²) in [4.78, 5) is 15.8. The van der Waals surface area contributed by atoms with Crippen molar-refractivity contribution < 1.29 is 22.4 Å². The fraction of sp³-hybridized carbons (Fsp3) is 0.412. The molecule has 7 nitrogen and oxygen atoms in total. The third-order valence-electron chi connectivity index (χ3n) is 4.43. The zero-order valence-electron chi connectivity index (χ0n) is 13.8. The summed E-state index contributed by atoms with van der Waals surface area (Å²) in [5, 5.41) is 0. The Kier molecular flexibility index (Phi) is 5.19. The minimum Gasteiger partial charge on any atom is -0.469 e. The molecule has 1 heterocycles. The van der Waals surface area contributed by atoms with Crippen molar-refractivity contribution in [1.29, 1.82) is 0 Å². The van der Waals surface area contributed by atoms with Crippen LogP contribution in [0.2, 0.25) is 0 Å². The monoisotopic (exact) mass is 364 g/mol. The Hall–Kier alpha value is -2.19. The predicted octanol–water partition coefficient (Wildman–Crippen LogP) is 2.35. The van der Waals surface area contributed by atoms with Gasteiger partial charge in [0, 0.05) is 11.6 Å². The molecule has 3 rings (SSSR count). The molecule has 0 unspecified atom stereocenters. The highest BCUT2D eigenvalue weighted by atomic mass is 32.2. The van der Waals surface area contributed by atoms with E-state index in [4.69, 9.17) is 9.15 Å². The van der Waals surface area contributed by atoms with Crippen LogP contribution in [0.3, 0.4) is 0 Å². The summed E-state index contributed by atoms with van der Waals surface area (Å²) >= 11 is 0. The van der Waals surface area contributed by atoms with Crippen molar-refractivity contribution in [1.82, 2.24) is 9.71 Å². The number of ether oxygens (including phenoxy) is 1. The number of hydrogen-bond donors (Lipinski definition) is 1. The molecule has 0 amide bonds. The van der Waals surface area contributed by atoms with Crippen molar-refractivity contribution >= 4 is 16.0 Å². The van der Waals surface area contributed by atoms with Crippen molar-refractivity contribution in [2.45, 2.75) is 36.6 Å². The van der Waals surface area contributed by atoms with Crippen LogP contribution in [0, 0.1) is 5.92 Å². The maximum Gasteiger partial charge on any atom is 0.308 e. The summed E-state index contributed by atoms with van der Waals surface area (Å²) in [6, 6.07) is 6.21. The SMILES string of the molecule is COC(=O)[C@H]1CC[C@H](NS(=O)(=O)c2ccc(-c3ncco3)cc2)CC1. The van der Waals surface area contributed by atoms with Gasteiger partial charge >= 0.3 is 5.97 Å². The molecule has 1 aliphatic carbocycles. The highest BCUT2D eigenvalue weighted by Gasteiger charge is 2.29. The number of nitrogens with one attached hydrogen (secondary N) is 1. The molecule has 1 aromatic heterocycles. The second kappa shape index (κ2) is 7.37. The van der Waals surface area contributed by atoms with E-state index in [1.165, 1.54) is 31.7 Å². The van der Waals surface area contributed by atoms with Gasteiger partial charge in [0.05, 0.1) is 24.1 Å². The first-order valence-electron chi connectivity index (χ1n) is 8.09. The van der Waals surface area contributed by atoms with Crippen molar-refractivity contribution in [3.05, 3.63) is 36.7 Å². The Morgan fingerprint density at radius 1 is 1.20 bits per heavy atom. The average molecular weight is 364 g/mol. The lowest BCUT2D eigenvalue weighted by atomic mass is 9.86. The van der Waals surface area contributed by atoms with E-state index in [1.54, 1.807) is 12.1 Å². The van der Waals surface area contributed by atoms with E-state index in [-0.39, 0.29) is 22.8 Å². The second-order valence-electron chi connectivity index (χ2n) is 6.05. The Bertz CT molecular complexity index is 807. The van der Waals surface area contributed by atoms with Crippen LogP contribution in [0.25, 0.3) is 11.5 Å². The van der Waals surface area contributed by atoms with E-state index >= 15 is 0 Å². The van der Waals surface area contributed by atoms with Crippen molar-refractivity contribution in [3.8, 4) is 11.5 Å². The zero-order chi connectivity index (χ0) is 17.9. The minimum absolute atomic E-state index is 0.133. The smallest absolute Gasteiger partial charge is 0.308 e. The zero-order valence-corrected chi connectivity index (χ0v) is 14.7. The second-order valence-corrected chi connectivity index (χ2v) is 7.77. The van der Waals surface area contributed by atoms with Gasteiger partial charge in [-0.2, -0.15) is 0 Å². The Balaban J connectivity index is 1.63. The molecule has 2 aromatic rings. The number of rotatable bonds is 5. The summed E-state index contributed by atoms with van der Waals surface area (Å²) < 4.78 is 37.7. The number of aromatic nitrogens is 1. The van der Waals surface area contributed by atoms with E-state index < -0.39 is 10.0 Å². The summed E-state index contributed by atoms with van der Waals surface area (Å²) in [6.45, 7) is 0. The van der Waals surface area contributed by atoms with Crippen LogP contribution >= 0.6 is 0 Å². The average Bonchev–Trinajstić information content (AvgIpc) is 3.16. The number of oxazole rings is 1. The summed E-state index contributed by atoms with van der Waals surface area (Å²) in [7, 11) is -2.23. The molecule has 0 saturated heterocycles. The molecule has 0 bridgehead atoms. The standard InChI is InChI=1S/C17H20N2O5S/c1-23-17(20)13-2-6-14(7-3-13)19-25(21,22)15-8-4-12(5-9-15)16-18-10-11-24-16/h4-5,8-11,13-14,19H,2-3,6-7H2,1H3/t13-,14-. The van der Waals surface area contributed by atoms with Gasteiger partial charge in [-0.1, -0.05) is 0 Å². The van der Waals surface area contributed by atoms with E-state index in [0.29, 0.717) is 37.1 Å². The van der Waals surface area contributed by atoms with Crippen molar-refractivity contribution in [2.75, 3.05) is 7.11 Å². The number of benzene rings is 1. The van der Waals surface area contributed by atoms with Crippen molar-refractivity contribution in [3.63, 3.8) is 0 Å². The number of carbonyl (C=O) groups excluding carboxylic acids is 1. The van der Waals surface area contributed by atoms with Crippen LogP contribution < -0.4 is 4.72 Å². The normalized spacial score (nSPS) is 21.0. The molecule has 0 radical (unpaired) electrons. The quantitative estimate of drug-likeness (QED) is 0.818. The largest absolute Gasteiger partial charge is 0.469 e. The van der Waals surface area contributed by atoms with Crippen LogP contribution in [0.1, 0.15) is 25.7 Å². The van der Waals surface area contributed by atoms with Gasteiger partial charge in [0.15, 0.2) is 0 Å². The fourth-order valence-electron chi connectivity index (χ4n) is 3.04. The maximum atomic E-state index is 12.5. The number of methoxy groups -OCH3 is 1. The number of esters is 1. The molecule has 1 N–H and O–H groups in total. The van der Waals surface area contributed by atoms with Gasteiger partial charge in [0.2, 0.25) is 15.9 Å². The molecular weight excluding hydrogens is 344 g/mol. The van der Waals surface area contributed by atoms with Crippen LogP contribution in [0.4, 0.5) is 0 Å². The fourth-order valence-corrected chi connectivity index (χ4v) is 4.35. The molecule has 1 fully saturated rings. The summed E-state index contributed by atoms with van der Waals surface area (Å²) in [5.74, 6) is 0.0901. The van der Waals surface area contributed by atoms with Crippen LogP contribution in [0.15, 0.2) is 46.0 Å². The number of nitrogens with zero attached hydrogens (tertiary/aromatic N) is 1. The van der Waals surface area contributed by atoms with Crippen LogP contribution in [0.5, 0.6) is 0 Å². The van der Waals surface area contributed by atoms with E-state index in [1.807, 2.05) is 0 Å². The lowest BCUT2D eigenvalue weighted by molar-refractivity contribution is -0.146. The Morgan fingerprint density at radius 2 is 1.88 bits per heavy atom. The van der Waals surface area contributed by atoms with Gasteiger partial charge in [-0.25, -0.2) is 18.1 Å². The first kappa shape index (κ1) is 17.6. The predicted molar refractivity (Wildman–Crippen MR) is 90.0 cm³/mol. The number of carbonyl (C=O) groups is 1.